The van der Waals surface area contributed by atoms with Crippen molar-refractivity contribution in [3.05, 3.63) is 0 Å². The normalized spacial score (nSPS) is 35.5. The van der Waals surface area contributed by atoms with Crippen LogP contribution in [-0.4, -0.2) is 35.3 Å². The third-order valence-corrected chi connectivity index (χ3v) is 5.33. The second-order valence-corrected chi connectivity index (χ2v) is 6.99. The fraction of sp³-hybridized carbons (Fsp3) is 0.875. The highest BCUT2D eigenvalue weighted by molar-refractivity contribution is 6.05. The van der Waals surface area contributed by atoms with Crippen molar-refractivity contribution in [1.82, 2.24) is 10.2 Å². The molecule has 4 nitrogen and oxygen atoms in total. The van der Waals surface area contributed by atoms with Crippen LogP contribution in [0.5, 0.6) is 0 Å². The molecule has 2 aliphatic carbocycles. The van der Waals surface area contributed by atoms with E-state index in [9.17, 15) is 9.59 Å². The number of hydrogen-bond donors (Lipinski definition) is 1. The summed E-state index contributed by atoms with van der Waals surface area (Å²) in [4.78, 5) is 26.1. The Morgan fingerprint density at radius 3 is 2.55 bits per heavy atom. The van der Waals surface area contributed by atoms with E-state index in [0.29, 0.717) is 12.3 Å². The summed E-state index contributed by atoms with van der Waals surface area (Å²) in [7, 11) is 0. The summed E-state index contributed by atoms with van der Waals surface area (Å²) in [5, 5.41) is 3.37. The standard InChI is InChI=1S/C16H26N2O2/c1-11-6-7-12(8-11)10-17-14-9-15(19)18(16(14)20)13-4-2-3-5-13/h11-14,17H,2-10H2,1H3. The molecule has 3 unspecified atom stereocenters. The van der Waals surface area contributed by atoms with Gasteiger partial charge in [-0.1, -0.05) is 26.2 Å². The Kier molecular flexibility index (Phi) is 4.11. The van der Waals surface area contributed by atoms with Crippen LogP contribution in [0, 0.1) is 11.8 Å². The molecule has 2 saturated carbocycles. The number of nitrogens with one attached hydrogen (secondary N) is 1. The molecule has 0 aromatic heterocycles. The first-order valence-electron chi connectivity index (χ1n) is 8.24. The van der Waals surface area contributed by atoms with E-state index in [-0.39, 0.29) is 23.9 Å². The molecule has 3 atom stereocenters. The van der Waals surface area contributed by atoms with Gasteiger partial charge in [-0.25, -0.2) is 0 Å². The van der Waals surface area contributed by atoms with Crippen LogP contribution in [0.4, 0.5) is 0 Å². The average Bonchev–Trinajstić information content (AvgIpc) is 3.10. The topological polar surface area (TPSA) is 49.4 Å². The number of imide groups is 1. The molecule has 0 radical (unpaired) electrons. The monoisotopic (exact) mass is 278 g/mol. The van der Waals surface area contributed by atoms with E-state index in [1.54, 1.807) is 4.90 Å². The molecule has 0 bridgehead atoms. The maximum absolute atomic E-state index is 12.4. The molecule has 1 aliphatic heterocycles. The summed E-state index contributed by atoms with van der Waals surface area (Å²) < 4.78 is 0. The van der Waals surface area contributed by atoms with Crippen molar-refractivity contribution < 1.29 is 9.59 Å². The predicted octanol–water partition coefficient (Wildman–Crippen LogP) is 2.08. The molecule has 20 heavy (non-hydrogen) atoms. The van der Waals surface area contributed by atoms with Crippen molar-refractivity contribution in [2.45, 2.75) is 70.4 Å². The van der Waals surface area contributed by atoms with Crippen LogP contribution in [-0.2, 0) is 9.59 Å². The summed E-state index contributed by atoms with van der Waals surface area (Å²) >= 11 is 0. The van der Waals surface area contributed by atoms with E-state index in [4.69, 9.17) is 0 Å². The second kappa shape index (κ2) is 5.84. The molecule has 3 rings (SSSR count). The number of likely N-dealkylation sites (tertiary alicyclic amines) is 1. The Bertz CT molecular complexity index is 390. The zero-order valence-electron chi connectivity index (χ0n) is 12.4. The number of nitrogens with zero attached hydrogens (tertiary/aromatic N) is 1. The minimum atomic E-state index is -0.251. The Balaban J connectivity index is 1.53. The molecule has 1 N–H and O–H groups in total. The van der Waals surface area contributed by atoms with E-state index in [1.807, 2.05) is 0 Å². The lowest BCUT2D eigenvalue weighted by molar-refractivity contribution is -0.141. The molecular formula is C16H26N2O2. The summed E-state index contributed by atoms with van der Waals surface area (Å²) in [6, 6.07) is -0.0627. The zero-order chi connectivity index (χ0) is 14.1. The van der Waals surface area contributed by atoms with Gasteiger partial charge >= 0.3 is 0 Å². The number of carbonyl (C=O) groups excluding carboxylic acids is 2. The van der Waals surface area contributed by atoms with Gasteiger partial charge in [-0.3, -0.25) is 14.5 Å². The van der Waals surface area contributed by atoms with Crippen molar-refractivity contribution in [3.8, 4) is 0 Å². The van der Waals surface area contributed by atoms with Gasteiger partial charge in [0.05, 0.1) is 12.5 Å². The molecule has 112 valence electrons. The third kappa shape index (κ3) is 2.76. The summed E-state index contributed by atoms with van der Waals surface area (Å²) in [5.41, 5.74) is 0. The highest BCUT2D eigenvalue weighted by Gasteiger charge is 2.42. The largest absolute Gasteiger partial charge is 0.305 e. The van der Waals surface area contributed by atoms with Crippen LogP contribution in [0.25, 0.3) is 0 Å². The highest BCUT2D eigenvalue weighted by Crippen LogP contribution is 2.31. The molecular weight excluding hydrogens is 252 g/mol. The molecule has 3 fully saturated rings. The number of rotatable bonds is 4. The molecule has 1 heterocycles. The van der Waals surface area contributed by atoms with Gasteiger partial charge in [0.1, 0.15) is 0 Å². The van der Waals surface area contributed by atoms with E-state index in [1.165, 1.54) is 19.3 Å². The molecule has 0 aromatic rings. The Morgan fingerprint density at radius 2 is 1.90 bits per heavy atom. The van der Waals surface area contributed by atoms with Gasteiger partial charge in [0.25, 0.3) is 0 Å². The average molecular weight is 278 g/mol. The first-order chi connectivity index (χ1) is 9.65. The first kappa shape index (κ1) is 14.1. The summed E-state index contributed by atoms with van der Waals surface area (Å²) in [6.45, 7) is 3.19. The van der Waals surface area contributed by atoms with Gasteiger partial charge in [-0.15, -0.1) is 0 Å². The molecule has 4 heteroatoms. The maximum Gasteiger partial charge on any atom is 0.247 e. The van der Waals surface area contributed by atoms with E-state index < -0.39 is 0 Å². The lowest BCUT2D eigenvalue weighted by Crippen LogP contribution is -2.43. The Labute approximate surface area is 121 Å². The lowest BCUT2D eigenvalue weighted by atomic mass is 10.1. The van der Waals surface area contributed by atoms with Crippen molar-refractivity contribution in [2.75, 3.05) is 6.54 Å². The van der Waals surface area contributed by atoms with Crippen LogP contribution >= 0.6 is 0 Å². The fourth-order valence-corrected chi connectivity index (χ4v) is 4.18. The third-order valence-electron chi connectivity index (χ3n) is 5.33. The first-order valence-corrected chi connectivity index (χ1v) is 8.24. The molecule has 3 aliphatic rings. The van der Waals surface area contributed by atoms with Gasteiger partial charge in [0, 0.05) is 6.04 Å². The van der Waals surface area contributed by atoms with Crippen LogP contribution in [0.3, 0.4) is 0 Å². The van der Waals surface area contributed by atoms with Crippen LogP contribution in [0.15, 0.2) is 0 Å². The van der Waals surface area contributed by atoms with Gasteiger partial charge < -0.3 is 5.32 Å². The lowest BCUT2D eigenvalue weighted by Gasteiger charge is -2.22. The number of carbonyl (C=O) groups is 2. The van der Waals surface area contributed by atoms with Gasteiger partial charge in [0.2, 0.25) is 11.8 Å². The quantitative estimate of drug-likeness (QED) is 0.801. The summed E-state index contributed by atoms with van der Waals surface area (Å²) in [5.74, 6) is 1.58. The molecule has 1 saturated heterocycles. The van der Waals surface area contributed by atoms with Crippen molar-refractivity contribution in [3.63, 3.8) is 0 Å². The van der Waals surface area contributed by atoms with Gasteiger partial charge in [0.15, 0.2) is 0 Å². The van der Waals surface area contributed by atoms with Crippen LogP contribution in [0.2, 0.25) is 0 Å². The Hall–Kier alpha value is -0.900. The smallest absolute Gasteiger partial charge is 0.247 e. The number of amides is 2. The van der Waals surface area contributed by atoms with Crippen molar-refractivity contribution in [2.24, 2.45) is 11.8 Å². The SMILES string of the molecule is CC1CCC(CNC2CC(=O)N(C3CCCC3)C2=O)C1. The summed E-state index contributed by atoms with van der Waals surface area (Å²) in [6.07, 6.45) is 8.51. The predicted molar refractivity (Wildman–Crippen MR) is 77.0 cm³/mol. The van der Waals surface area contributed by atoms with E-state index in [2.05, 4.69) is 12.2 Å². The van der Waals surface area contributed by atoms with Crippen molar-refractivity contribution >= 4 is 11.8 Å². The van der Waals surface area contributed by atoms with Gasteiger partial charge in [-0.05, 0) is 44.1 Å². The van der Waals surface area contributed by atoms with Gasteiger partial charge in [-0.2, -0.15) is 0 Å². The Morgan fingerprint density at radius 1 is 1.15 bits per heavy atom. The van der Waals surface area contributed by atoms with Crippen molar-refractivity contribution in [1.29, 1.82) is 0 Å². The minimum absolute atomic E-state index is 0.0351. The maximum atomic E-state index is 12.4. The fourth-order valence-electron chi connectivity index (χ4n) is 4.18. The molecule has 2 amide bonds. The van der Waals surface area contributed by atoms with E-state index in [0.717, 1.165) is 38.1 Å². The second-order valence-electron chi connectivity index (χ2n) is 6.99. The zero-order valence-corrected chi connectivity index (χ0v) is 12.4. The highest BCUT2D eigenvalue weighted by atomic mass is 16.2. The van der Waals surface area contributed by atoms with Crippen LogP contribution in [0.1, 0.15) is 58.3 Å². The molecule has 0 aromatic carbocycles. The minimum Gasteiger partial charge on any atom is -0.305 e. The number of hydrogen-bond acceptors (Lipinski definition) is 3. The molecule has 0 spiro atoms. The van der Waals surface area contributed by atoms with E-state index >= 15 is 0 Å². The van der Waals surface area contributed by atoms with Crippen LogP contribution < -0.4 is 5.32 Å².